The third kappa shape index (κ3) is 4.99. The van der Waals surface area contributed by atoms with Crippen molar-refractivity contribution in [2.45, 2.75) is 4.90 Å². The maximum atomic E-state index is 12.9. The van der Waals surface area contributed by atoms with Gasteiger partial charge in [0.25, 0.3) is 5.91 Å². The standard InChI is InChI=1S/C20H23FN2O2S/c1-25-18-4-2-3-16(15-18)20(24)23-11-9-22(10-12-23)13-14-26-19-7-5-17(21)6-8-19/h2-8,15H,9-14H2,1H3. The summed E-state index contributed by atoms with van der Waals surface area (Å²) >= 11 is 1.73. The molecule has 0 aromatic heterocycles. The van der Waals surface area contributed by atoms with E-state index < -0.39 is 0 Å². The van der Waals surface area contributed by atoms with E-state index in [2.05, 4.69) is 4.90 Å². The summed E-state index contributed by atoms with van der Waals surface area (Å²) in [5.41, 5.74) is 0.671. The van der Waals surface area contributed by atoms with E-state index in [1.165, 1.54) is 12.1 Å². The Morgan fingerprint density at radius 1 is 1.12 bits per heavy atom. The summed E-state index contributed by atoms with van der Waals surface area (Å²) in [6.45, 7) is 4.18. The minimum Gasteiger partial charge on any atom is -0.497 e. The van der Waals surface area contributed by atoms with Crippen LogP contribution in [0.15, 0.2) is 53.4 Å². The quantitative estimate of drug-likeness (QED) is 0.726. The smallest absolute Gasteiger partial charge is 0.254 e. The summed E-state index contributed by atoms with van der Waals surface area (Å²) in [6.07, 6.45) is 0. The van der Waals surface area contributed by atoms with Crippen LogP contribution in [0.3, 0.4) is 0 Å². The van der Waals surface area contributed by atoms with Gasteiger partial charge in [-0.2, -0.15) is 0 Å². The number of methoxy groups -OCH3 is 1. The first kappa shape index (κ1) is 18.7. The third-order valence-corrected chi connectivity index (χ3v) is 5.46. The first-order valence-electron chi connectivity index (χ1n) is 8.70. The molecule has 1 amide bonds. The van der Waals surface area contributed by atoms with Crippen molar-refractivity contribution in [1.29, 1.82) is 0 Å². The van der Waals surface area contributed by atoms with E-state index in [0.717, 1.165) is 43.4 Å². The molecule has 0 bridgehead atoms. The van der Waals surface area contributed by atoms with Crippen LogP contribution in [0.4, 0.5) is 4.39 Å². The minimum atomic E-state index is -0.203. The molecule has 6 heteroatoms. The normalized spacial score (nSPS) is 15.1. The average molecular weight is 374 g/mol. The second kappa shape index (κ2) is 9.05. The van der Waals surface area contributed by atoms with Crippen LogP contribution in [0, 0.1) is 5.82 Å². The molecule has 0 unspecified atom stereocenters. The van der Waals surface area contributed by atoms with Crippen LogP contribution in [0.1, 0.15) is 10.4 Å². The summed E-state index contributed by atoms with van der Waals surface area (Å²) in [5, 5.41) is 0. The van der Waals surface area contributed by atoms with Crippen molar-refractivity contribution < 1.29 is 13.9 Å². The molecule has 1 heterocycles. The lowest BCUT2D eigenvalue weighted by atomic mass is 10.1. The lowest BCUT2D eigenvalue weighted by Crippen LogP contribution is -2.49. The minimum absolute atomic E-state index is 0.0595. The molecule has 0 atom stereocenters. The zero-order valence-corrected chi connectivity index (χ0v) is 15.7. The fraction of sp³-hybridized carbons (Fsp3) is 0.350. The van der Waals surface area contributed by atoms with Gasteiger partial charge in [0.05, 0.1) is 7.11 Å². The molecule has 0 spiro atoms. The number of nitrogens with zero attached hydrogens (tertiary/aromatic N) is 2. The van der Waals surface area contributed by atoms with Gasteiger partial charge in [-0.1, -0.05) is 6.07 Å². The van der Waals surface area contributed by atoms with Crippen molar-refractivity contribution in [2.24, 2.45) is 0 Å². The van der Waals surface area contributed by atoms with Gasteiger partial charge in [-0.25, -0.2) is 4.39 Å². The van der Waals surface area contributed by atoms with Gasteiger partial charge in [-0.05, 0) is 42.5 Å². The number of hydrogen-bond donors (Lipinski definition) is 0. The Morgan fingerprint density at radius 3 is 2.54 bits per heavy atom. The molecule has 0 N–H and O–H groups in total. The Labute approximate surface area is 157 Å². The highest BCUT2D eigenvalue weighted by Gasteiger charge is 2.22. The fourth-order valence-corrected chi connectivity index (χ4v) is 3.85. The van der Waals surface area contributed by atoms with Gasteiger partial charge in [0.15, 0.2) is 0 Å². The Bertz CT molecular complexity index is 731. The van der Waals surface area contributed by atoms with Crippen LogP contribution in [0.5, 0.6) is 5.75 Å². The lowest BCUT2D eigenvalue weighted by molar-refractivity contribution is 0.0644. The number of benzene rings is 2. The third-order valence-electron chi connectivity index (χ3n) is 4.47. The van der Waals surface area contributed by atoms with Crippen LogP contribution >= 0.6 is 11.8 Å². The molecule has 1 saturated heterocycles. The summed E-state index contributed by atoms with van der Waals surface area (Å²) < 4.78 is 18.1. The van der Waals surface area contributed by atoms with E-state index in [1.54, 1.807) is 24.9 Å². The molecule has 3 rings (SSSR count). The van der Waals surface area contributed by atoms with E-state index in [-0.39, 0.29) is 11.7 Å². The highest BCUT2D eigenvalue weighted by atomic mass is 32.2. The van der Waals surface area contributed by atoms with Gasteiger partial charge >= 0.3 is 0 Å². The summed E-state index contributed by atoms with van der Waals surface area (Å²) in [4.78, 5) is 18.0. The van der Waals surface area contributed by atoms with Crippen LogP contribution in [0.2, 0.25) is 0 Å². The van der Waals surface area contributed by atoms with E-state index in [9.17, 15) is 9.18 Å². The zero-order valence-electron chi connectivity index (χ0n) is 14.9. The lowest BCUT2D eigenvalue weighted by Gasteiger charge is -2.34. The Hall–Kier alpha value is -2.05. The highest BCUT2D eigenvalue weighted by molar-refractivity contribution is 7.99. The number of rotatable bonds is 6. The van der Waals surface area contributed by atoms with Gasteiger partial charge in [-0.15, -0.1) is 11.8 Å². The van der Waals surface area contributed by atoms with E-state index in [0.29, 0.717) is 11.3 Å². The molecule has 1 aliphatic heterocycles. The number of carbonyl (C=O) groups is 1. The monoisotopic (exact) mass is 374 g/mol. The number of hydrogen-bond acceptors (Lipinski definition) is 4. The average Bonchev–Trinajstić information content (AvgIpc) is 2.69. The van der Waals surface area contributed by atoms with E-state index in [4.69, 9.17) is 4.74 Å². The van der Waals surface area contributed by atoms with Crippen LogP contribution in [0.25, 0.3) is 0 Å². The van der Waals surface area contributed by atoms with Crippen molar-refractivity contribution in [3.8, 4) is 5.75 Å². The van der Waals surface area contributed by atoms with Gasteiger partial charge in [0, 0.05) is 48.9 Å². The highest BCUT2D eigenvalue weighted by Crippen LogP contribution is 2.19. The predicted octanol–water partition coefficient (Wildman–Crippen LogP) is 3.38. The zero-order chi connectivity index (χ0) is 18.4. The van der Waals surface area contributed by atoms with Crippen molar-refractivity contribution in [1.82, 2.24) is 9.80 Å². The number of piperazine rings is 1. The van der Waals surface area contributed by atoms with Gasteiger partial charge in [0.2, 0.25) is 0 Å². The second-order valence-corrected chi connectivity index (χ2v) is 7.34. The van der Waals surface area contributed by atoms with Crippen molar-refractivity contribution in [2.75, 3.05) is 45.6 Å². The summed E-state index contributed by atoms with van der Waals surface area (Å²) in [5.74, 6) is 1.51. The van der Waals surface area contributed by atoms with Gasteiger partial charge < -0.3 is 9.64 Å². The van der Waals surface area contributed by atoms with Crippen LogP contribution in [-0.4, -0.2) is 61.3 Å². The molecule has 2 aromatic carbocycles. The fourth-order valence-electron chi connectivity index (χ4n) is 2.94. The molecule has 0 saturated carbocycles. The molecular formula is C20H23FN2O2S. The molecule has 26 heavy (non-hydrogen) atoms. The number of ether oxygens (including phenoxy) is 1. The number of amides is 1. The number of carbonyl (C=O) groups excluding carboxylic acids is 1. The van der Waals surface area contributed by atoms with Crippen molar-refractivity contribution >= 4 is 17.7 Å². The molecule has 138 valence electrons. The van der Waals surface area contributed by atoms with Crippen LogP contribution in [-0.2, 0) is 0 Å². The Balaban J connectivity index is 1.43. The first-order chi connectivity index (χ1) is 12.7. The van der Waals surface area contributed by atoms with Crippen molar-refractivity contribution in [3.05, 3.63) is 59.9 Å². The predicted molar refractivity (Wildman–Crippen MR) is 102 cm³/mol. The van der Waals surface area contributed by atoms with Crippen LogP contribution < -0.4 is 4.74 Å². The molecule has 1 aliphatic rings. The molecule has 1 fully saturated rings. The van der Waals surface area contributed by atoms with E-state index >= 15 is 0 Å². The van der Waals surface area contributed by atoms with Gasteiger partial charge in [0.1, 0.15) is 11.6 Å². The second-order valence-electron chi connectivity index (χ2n) is 6.17. The van der Waals surface area contributed by atoms with Crippen molar-refractivity contribution in [3.63, 3.8) is 0 Å². The molecule has 0 radical (unpaired) electrons. The first-order valence-corrected chi connectivity index (χ1v) is 9.68. The number of halogens is 1. The summed E-state index contributed by atoms with van der Waals surface area (Å²) in [6, 6.07) is 13.9. The maximum Gasteiger partial charge on any atom is 0.254 e. The number of thioether (sulfide) groups is 1. The molecule has 2 aromatic rings. The topological polar surface area (TPSA) is 32.8 Å². The molecular weight excluding hydrogens is 351 g/mol. The SMILES string of the molecule is COc1cccc(C(=O)N2CCN(CCSc3ccc(F)cc3)CC2)c1. The summed E-state index contributed by atoms with van der Waals surface area (Å²) in [7, 11) is 1.60. The molecule has 4 nitrogen and oxygen atoms in total. The largest absolute Gasteiger partial charge is 0.497 e. The maximum absolute atomic E-state index is 12.9. The van der Waals surface area contributed by atoms with Gasteiger partial charge in [-0.3, -0.25) is 9.69 Å². The molecule has 0 aliphatic carbocycles. The Kier molecular flexibility index (Phi) is 6.52. The van der Waals surface area contributed by atoms with E-state index in [1.807, 2.05) is 35.2 Å². The Morgan fingerprint density at radius 2 is 1.85 bits per heavy atom.